The van der Waals surface area contributed by atoms with Crippen molar-refractivity contribution >= 4 is 22.8 Å². The van der Waals surface area contributed by atoms with Crippen LogP contribution < -0.4 is 5.73 Å². The van der Waals surface area contributed by atoms with Gasteiger partial charge >= 0.3 is 0 Å². The van der Waals surface area contributed by atoms with Crippen molar-refractivity contribution in [1.29, 1.82) is 0 Å². The first-order chi connectivity index (χ1) is 5.65. The van der Waals surface area contributed by atoms with E-state index in [1.165, 1.54) is 11.8 Å². The molecule has 1 heterocycles. The molecular weight excluding hydrogens is 172 g/mol. The normalized spacial score (nSPS) is 25.7. The molecule has 2 N–H and O–H groups in total. The van der Waals surface area contributed by atoms with Crippen molar-refractivity contribution in [3.8, 4) is 0 Å². The number of amides is 1. The van der Waals surface area contributed by atoms with E-state index < -0.39 is 0 Å². The number of rotatable bonds is 3. The summed E-state index contributed by atoms with van der Waals surface area (Å²) in [7, 11) is 0. The molecule has 1 aliphatic heterocycles. The van der Waals surface area contributed by atoms with Crippen molar-refractivity contribution in [3.63, 3.8) is 0 Å². The SMILES string of the molecule is CCC[C@H](C)[C@@H]1SC(N)=NC1=O. The Kier molecular flexibility index (Phi) is 3.14. The number of hydrogen-bond acceptors (Lipinski definition) is 3. The molecular formula is C8H14N2OS. The minimum absolute atomic E-state index is 0.0232. The Labute approximate surface area is 76.8 Å². The van der Waals surface area contributed by atoms with Crippen LogP contribution in [0.4, 0.5) is 0 Å². The molecule has 0 aromatic rings. The van der Waals surface area contributed by atoms with Crippen molar-refractivity contribution in [3.05, 3.63) is 0 Å². The van der Waals surface area contributed by atoms with E-state index >= 15 is 0 Å². The minimum atomic E-state index is -0.0570. The van der Waals surface area contributed by atoms with Gasteiger partial charge < -0.3 is 5.73 Å². The van der Waals surface area contributed by atoms with Crippen LogP contribution in [0.2, 0.25) is 0 Å². The minimum Gasteiger partial charge on any atom is -0.378 e. The summed E-state index contributed by atoms with van der Waals surface area (Å²) in [5.74, 6) is 0.329. The highest BCUT2D eigenvalue weighted by atomic mass is 32.2. The number of thioether (sulfide) groups is 1. The maximum atomic E-state index is 11.2. The lowest BCUT2D eigenvalue weighted by Gasteiger charge is -2.14. The molecule has 2 atom stereocenters. The molecule has 0 spiro atoms. The van der Waals surface area contributed by atoms with E-state index in [0.29, 0.717) is 11.1 Å². The molecule has 1 amide bonds. The van der Waals surface area contributed by atoms with Crippen LogP contribution in [-0.4, -0.2) is 16.3 Å². The number of nitrogens with zero attached hydrogens (tertiary/aromatic N) is 1. The summed E-state index contributed by atoms with van der Waals surface area (Å²) in [6, 6.07) is 0. The second-order valence-corrected chi connectivity index (χ2v) is 4.25. The smallest absolute Gasteiger partial charge is 0.261 e. The Balaban J connectivity index is 2.51. The van der Waals surface area contributed by atoms with Gasteiger partial charge in [-0.05, 0) is 12.3 Å². The molecule has 0 bridgehead atoms. The summed E-state index contributed by atoms with van der Waals surface area (Å²) >= 11 is 1.40. The highest BCUT2D eigenvalue weighted by Crippen LogP contribution is 2.28. The van der Waals surface area contributed by atoms with Gasteiger partial charge in [-0.1, -0.05) is 32.0 Å². The maximum absolute atomic E-state index is 11.2. The summed E-state index contributed by atoms with van der Waals surface area (Å²) in [4.78, 5) is 14.9. The van der Waals surface area contributed by atoms with Gasteiger partial charge in [-0.25, -0.2) is 0 Å². The van der Waals surface area contributed by atoms with Gasteiger partial charge in [-0.15, -0.1) is 0 Å². The summed E-state index contributed by atoms with van der Waals surface area (Å²) in [5.41, 5.74) is 5.44. The fraction of sp³-hybridized carbons (Fsp3) is 0.750. The first kappa shape index (κ1) is 9.58. The number of nitrogens with two attached hydrogens (primary N) is 1. The van der Waals surface area contributed by atoms with Crippen LogP contribution in [0.1, 0.15) is 26.7 Å². The third-order valence-corrected chi connectivity index (χ3v) is 3.23. The molecule has 0 saturated carbocycles. The van der Waals surface area contributed by atoms with Crippen molar-refractivity contribution < 1.29 is 4.79 Å². The second-order valence-electron chi connectivity index (χ2n) is 3.09. The van der Waals surface area contributed by atoms with Gasteiger partial charge in [0.15, 0.2) is 5.17 Å². The number of hydrogen-bond donors (Lipinski definition) is 1. The van der Waals surface area contributed by atoms with Gasteiger partial charge in [0.1, 0.15) is 0 Å². The zero-order valence-electron chi connectivity index (χ0n) is 7.41. The average Bonchev–Trinajstić information content (AvgIpc) is 2.30. The Hall–Kier alpha value is -0.510. The zero-order valence-corrected chi connectivity index (χ0v) is 8.23. The lowest BCUT2D eigenvalue weighted by molar-refractivity contribution is -0.117. The van der Waals surface area contributed by atoms with Crippen LogP contribution in [0.5, 0.6) is 0 Å². The van der Waals surface area contributed by atoms with Crippen LogP contribution >= 0.6 is 11.8 Å². The third kappa shape index (κ3) is 2.00. The Morgan fingerprint density at radius 2 is 2.42 bits per heavy atom. The topological polar surface area (TPSA) is 55.4 Å². The summed E-state index contributed by atoms with van der Waals surface area (Å²) in [6.07, 6.45) is 2.16. The fourth-order valence-corrected chi connectivity index (χ4v) is 2.27. The maximum Gasteiger partial charge on any atom is 0.261 e. The van der Waals surface area contributed by atoms with E-state index in [1.807, 2.05) is 0 Å². The van der Waals surface area contributed by atoms with Crippen molar-refractivity contribution in [2.24, 2.45) is 16.6 Å². The molecule has 68 valence electrons. The predicted octanol–water partition coefficient (Wildman–Crippen LogP) is 1.38. The summed E-state index contributed by atoms with van der Waals surface area (Å²) in [6.45, 7) is 4.19. The lowest BCUT2D eigenvalue weighted by atomic mass is 10.0. The van der Waals surface area contributed by atoms with E-state index in [9.17, 15) is 4.79 Å². The number of amidine groups is 1. The van der Waals surface area contributed by atoms with E-state index in [0.717, 1.165) is 12.8 Å². The average molecular weight is 186 g/mol. The fourth-order valence-electron chi connectivity index (χ4n) is 1.35. The molecule has 0 aromatic carbocycles. The number of carbonyl (C=O) groups excluding carboxylic acids is 1. The Morgan fingerprint density at radius 1 is 1.75 bits per heavy atom. The third-order valence-electron chi connectivity index (χ3n) is 1.97. The van der Waals surface area contributed by atoms with E-state index in [1.54, 1.807) is 0 Å². The molecule has 0 unspecified atom stereocenters. The molecule has 0 saturated heterocycles. The quantitative estimate of drug-likeness (QED) is 0.724. The van der Waals surface area contributed by atoms with Gasteiger partial charge in [-0.2, -0.15) is 4.99 Å². The number of carbonyl (C=O) groups is 1. The highest BCUT2D eigenvalue weighted by molar-refractivity contribution is 8.15. The molecule has 0 aliphatic carbocycles. The van der Waals surface area contributed by atoms with Crippen LogP contribution in [-0.2, 0) is 4.79 Å². The van der Waals surface area contributed by atoms with Crippen LogP contribution in [0.3, 0.4) is 0 Å². The van der Waals surface area contributed by atoms with Gasteiger partial charge in [0.05, 0.1) is 5.25 Å². The van der Waals surface area contributed by atoms with Crippen molar-refractivity contribution in [2.75, 3.05) is 0 Å². The first-order valence-electron chi connectivity index (χ1n) is 4.19. The summed E-state index contributed by atoms with van der Waals surface area (Å²) < 4.78 is 0. The van der Waals surface area contributed by atoms with Crippen LogP contribution in [0.15, 0.2) is 4.99 Å². The Bertz CT molecular complexity index is 215. The summed E-state index contributed by atoms with van der Waals surface area (Å²) in [5, 5.41) is 0.401. The predicted molar refractivity (Wildman–Crippen MR) is 52.1 cm³/mol. The second kappa shape index (κ2) is 3.94. The first-order valence-corrected chi connectivity index (χ1v) is 5.07. The van der Waals surface area contributed by atoms with Gasteiger partial charge in [0.2, 0.25) is 0 Å². The molecule has 0 fully saturated rings. The van der Waals surface area contributed by atoms with Gasteiger partial charge in [0.25, 0.3) is 5.91 Å². The molecule has 0 radical (unpaired) electrons. The molecule has 1 rings (SSSR count). The van der Waals surface area contributed by atoms with E-state index in [-0.39, 0.29) is 11.2 Å². The van der Waals surface area contributed by atoms with Crippen LogP contribution in [0.25, 0.3) is 0 Å². The van der Waals surface area contributed by atoms with Crippen LogP contribution in [0, 0.1) is 5.92 Å². The molecule has 4 heteroatoms. The largest absolute Gasteiger partial charge is 0.378 e. The molecule has 0 aromatic heterocycles. The number of aliphatic imine (C=N–C) groups is 1. The van der Waals surface area contributed by atoms with Gasteiger partial charge in [-0.3, -0.25) is 4.79 Å². The molecule has 12 heavy (non-hydrogen) atoms. The highest BCUT2D eigenvalue weighted by Gasteiger charge is 2.31. The Morgan fingerprint density at radius 3 is 2.83 bits per heavy atom. The van der Waals surface area contributed by atoms with Gasteiger partial charge in [0, 0.05) is 0 Å². The van der Waals surface area contributed by atoms with E-state index in [4.69, 9.17) is 5.73 Å². The molecule has 3 nitrogen and oxygen atoms in total. The standard InChI is InChI=1S/C8H14N2OS/c1-3-4-5(2)6-7(11)10-8(9)12-6/h5-6H,3-4H2,1-2H3,(H2,9,10,11)/t5-,6-/m0/s1. The van der Waals surface area contributed by atoms with Crippen molar-refractivity contribution in [2.45, 2.75) is 31.9 Å². The zero-order chi connectivity index (χ0) is 9.14. The lowest BCUT2D eigenvalue weighted by Crippen LogP contribution is -2.20. The monoisotopic (exact) mass is 186 g/mol. The molecule has 1 aliphatic rings. The van der Waals surface area contributed by atoms with Crippen molar-refractivity contribution in [1.82, 2.24) is 0 Å². The van der Waals surface area contributed by atoms with E-state index in [2.05, 4.69) is 18.8 Å².